The Balaban J connectivity index is 1.69. The van der Waals surface area contributed by atoms with Crippen LogP contribution in [0.2, 0.25) is 0 Å². The van der Waals surface area contributed by atoms with Gasteiger partial charge >= 0.3 is 0 Å². The van der Waals surface area contributed by atoms with Crippen LogP contribution in [0.15, 0.2) is 58.2 Å². The number of carbonyl (C=O) groups is 1. The smallest absolute Gasteiger partial charge is 0.271 e. The summed E-state index contributed by atoms with van der Waals surface area (Å²) in [4.78, 5) is 26.7. The van der Waals surface area contributed by atoms with Crippen LogP contribution in [-0.4, -0.2) is 30.3 Å². The zero-order valence-corrected chi connectivity index (χ0v) is 14.5. The fraction of sp³-hybridized carbons (Fsp3) is 0.125. The van der Waals surface area contributed by atoms with E-state index in [0.717, 1.165) is 10.7 Å². The summed E-state index contributed by atoms with van der Waals surface area (Å²) < 4.78 is 6.37. The molecule has 0 bridgehead atoms. The van der Waals surface area contributed by atoms with Gasteiger partial charge in [-0.1, -0.05) is 27.2 Å². The number of carbonyl (C=O) groups excluding carboxylic acids is 1. The Bertz CT molecular complexity index is 765. The van der Waals surface area contributed by atoms with Crippen molar-refractivity contribution in [3.8, 4) is 5.75 Å². The third-order valence-electron chi connectivity index (χ3n) is 2.83. The lowest BCUT2D eigenvalue weighted by molar-refractivity contribution is -0.384. The molecule has 0 atom stereocenters. The summed E-state index contributed by atoms with van der Waals surface area (Å²) in [5, 5.41) is 16.6. The van der Waals surface area contributed by atoms with Crippen LogP contribution in [0, 0.1) is 10.1 Å². The van der Waals surface area contributed by atoms with E-state index in [2.05, 4.69) is 26.4 Å². The van der Waals surface area contributed by atoms with E-state index in [1.54, 1.807) is 12.1 Å². The Kier molecular flexibility index (Phi) is 6.90. The average molecular weight is 408 g/mol. The van der Waals surface area contributed by atoms with Crippen molar-refractivity contribution in [3.05, 3.63) is 63.1 Å². The van der Waals surface area contributed by atoms with E-state index in [4.69, 9.17) is 9.57 Å². The number of hydrogen-bond acceptors (Lipinski definition) is 6. The SMILES string of the molecule is O=C(/C=N\OCCOc1ccc(Br)cc1)Nc1cccc([N+](=O)[O-])c1. The van der Waals surface area contributed by atoms with E-state index in [-0.39, 0.29) is 18.9 Å². The number of rotatable bonds is 8. The quantitative estimate of drug-likeness (QED) is 0.312. The van der Waals surface area contributed by atoms with Crippen LogP contribution in [0.5, 0.6) is 5.75 Å². The number of amides is 1. The Labute approximate surface area is 151 Å². The van der Waals surface area contributed by atoms with Crippen LogP contribution in [0.3, 0.4) is 0 Å². The van der Waals surface area contributed by atoms with Gasteiger partial charge in [-0.05, 0) is 30.3 Å². The van der Waals surface area contributed by atoms with Crippen LogP contribution in [-0.2, 0) is 9.63 Å². The normalized spacial score (nSPS) is 10.4. The van der Waals surface area contributed by atoms with Gasteiger partial charge in [0.1, 0.15) is 18.6 Å². The Morgan fingerprint density at radius 3 is 2.72 bits per heavy atom. The van der Waals surface area contributed by atoms with Crippen LogP contribution < -0.4 is 10.1 Å². The number of benzene rings is 2. The summed E-state index contributed by atoms with van der Waals surface area (Å²) in [6, 6.07) is 12.9. The minimum Gasteiger partial charge on any atom is -0.490 e. The van der Waals surface area contributed by atoms with Gasteiger partial charge in [-0.2, -0.15) is 0 Å². The first kappa shape index (κ1) is 18.4. The summed E-state index contributed by atoms with van der Waals surface area (Å²) in [5.41, 5.74) is 0.181. The maximum atomic E-state index is 11.6. The number of nitrogens with one attached hydrogen (secondary N) is 1. The first-order valence-corrected chi connectivity index (χ1v) is 7.93. The summed E-state index contributed by atoms with van der Waals surface area (Å²) in [6.07, 6.45) is 0.943. The number of halogens is 1. The molecule has 8 nitrogen and oxygen atoms in total. The highest BCUT2D eigenvalue weighted by Gasteiger charge is 2.07. The Morgan fingerprint density at radius 2 is 2.00 bits per heavy atom. The summed E-state index contributed by atoms with van der Waals surface area (Å²) in [6.45, 7) is 0.433. The molecule has 1 N–H and O–H groups in total. The van der Waals surface area contributed by atoms with Crippen LogP contribution in [0.25, 0.3) is 0 Å². The summed E-state index contributed by atoms with van der Waals surface area (Å²) in [7, 11) is 0. The van der Waals surface area contributed by atoms with Gasteiger partial charge in [-0.15, -0.1) is 0 Å². The number of oxime groups is 1. The fourth-order valence-corrected chi connectivity index (χ4v) is 2.00. The Morgan fingerprint density at radius 1 is 1.24 bits per heavy atom. The fourth-order valence-electron chi connectivity index (χ4n) is 1.74. The first-order chi connectivity index (χ1) is 12.0. The molecule has 0 radical (unpaired) electrons. The molecular formula is C16H14BrN3O5. The minimum absolute atomic E-state index is 0.115. The molecule has 0 heterocycles. The summed E-state index contributed by atoms with van der Waals surface area (Å²) in [5.74, 6) is 0.133. The monoisotopic (exact) mass is 407 g/mol. The Hall–Kier alpha value is -2.94. The predicted molar refractivity (Wildman–Crippen MR) is 95.8 cm³/mol. The number of hydrogen-bond donors (Lipinski definition) is 1. The molecule has 0 aliphatic carbocycles. The van der Waals surface area contributed by atoms with E-state index in [0.29, 0.717) is 11.4 Å². The zero-order valence-electron chi connectivity index (χ0n) is 12.9. The second-order valence-corrected chi connectivity index (χ2v) is 5.58. The zero-order chi connectivity index (χ0) is 18.1. The van der Waals surface area contributed by atoms with Gasteiger partial charge in [0, 0.05) is 22.3 Å². The van der Waals surface area contributed by atoms with Gasteiger partial charge in [0.25, 0.3) is 11.6 Å². The lowest BCUT2D eigenvalue weighted by Gasteiger charge is -2.05. The molecule has 0 fully saturated rings. The second kappa shape index (κ2) is 9.38. The molecule has 0 aromatic heterocycles. The van der Waals surface area contributed by atoms with Gasteiger partial charge in [-0.25, -0.2) is 0 Å². The summed E-state index contributed by atoms with van der Waals surface area (Å²) >= 11 is 3.33. The van der Waals surface area contributed by atoms with Crippen molar-refractivity contribution in [1.82, 2.24) is 0 Å². The molecule has 130 valence electrons. The highest BCUT2D eigenvalue weighted by atomic mass is 79.9. The number of non-ortho nitro benzene ring substituents is 1. The lowest BCUT2D eigenvalue weighted by Crippen LogP contribution is -2.13. The number of nitro benzene ring substituents is 1. The molecule has 0 unspecified atom stereocenters. The molecule has 25 heavy (non-hydrogen) atoms. The van der Waals surface area contributed by atoms with Crippen molar-refractivity contribution >= 4 is 39.4 Å². The standard InChI is InChI=1S/C16H14BrN3O5/c17-12-4-6-15(7-5-12)24-8-9-25-18-11-16(21)19-13-2-1-3-14(10-13)20(22)23/h1-7,10-11H,8-9H2,(H,19,21)/b18-11-. The van der Waals surface area contributed by atoms with Gasteiger partial charge in [0.05, 0.1) is 4.92 Å². The maximum absolute atomic E-state index is 11.6. The number of ether oxygens (including phenoxy) is 1. The molecule has 0 aliphatic heterocycles. The van der Waals surface area contributed by atoms with Gasteiger partial charge in [0.15, 0.2) is 6.61 Å². The van der Waals surface area contributed by atoms with Crippen molar-refractivity contribution in [2.75, 3.05) is 18.5 Å². The van der Waals surface area contributed by atoms with Crippen LogP contribution in [0.1, 0.15) is 0 Å². The molecule has 2 aromatic rings. The highest BCUT2D eigenvalue weighted by molar-refractivity contribution is 9.10. The van der Waals surface area contributed by atoms with E-state index in [1.807, 2.05) is 12.1 Å². The molecule has 0 saturated carbocycles. The molecule has 2 aromatic carbocycles. The second-order valence-electron chi connectivity index (χ2n) is 4.67. The highest BCUT2D eigenvalue weighted by Crippen LogP contribution is 2.17. The third kappa shape index (κ3) is 6.60. The van der Waals surface area contributed by atoms with Gasteiger partial charge in [-0.3, -0.25) is 14.9 Å². The van der Waals surface area contributed by atoms with Gasteiger partial charge < -0.3 is 14.9 Å². The van der Waals surface area contributed by atoms with Crippen LogP contribution in [0.4, 0.5) is 11.4 Å². The van der Waals surface area contributed by atoms with Crippen molar-refractivity contribution in [3.63, 3.8) is 0 Å². The molecule has 0 saturated heterocycles. The molecular weight excluding hydrogens is 394 g/mol. The molecule has 0 spiro atoms. The van der Waals surface area contributed by atoms with Crippen molar-refractivity contribution in [2.45, 2.75) is 0 Å². The number of anilines is 1. The van der Waals surface area contributed by atoms with E-state index >= 15 is 0 Å². The van der Waals surface area contributed by atoms with E-state index < -0.39 is 10.8 Å². The largest absolute Gasteiger partial charge is 0.490 e. The number of nitro groups is 1. The molecule has 9 heteroatoms. The van der Waals surface area contributed by atoms with Crippen LogP contribution >= 0.6 is 15.9 Å². The third-order valence-corrected chi connectivity index (χ3v) is 3.35. The van der Waals surface area contributed by atoms with Crippen molar-refractivity contribution in [1.29, 1.82) is 0 Å². The first-order valence-electron chi connectivity index (χ1n) is 7.14. The topological polar surface area (TPSA) is 103 Å². The average Bonchev–Trinajstić information content (AvgIpc) is 2.59. The molecule has 1 amide bonds. The molecule has 0 aliphatic rings. The lowest BCUT2D eigenvalue weighted by atomic mass is 10.3. The molecule has 2 rings (SSSR count). The van der Waals surface area contributed by atoms with E-state index in [1.165, 1.54) is 24.3 Å². The predicted octanol–water partition coefficient (Wildman–Crippen LogP) is 3.38. The number of nitrogens with zero attached hydrogens (tertiary/aromatic N) is 2. The minimum atomic E-state index is -0.561. The van der Waals surface area contributed by atoms with E-state index in [9.17, 15) is 14.9 Å². The van der Waals surface area contributed by atoms with Crippen molar-refractivity contribution < 1.29 is 19.3 Å². The van der Waals surface area contributed by atoms with Gasteiger partial charge in [0.2, 0.25) is 0 Å². The van der Waals surface area contributed by atoms with Crippen molar-refractivity contribution in [2.24, 2.45) is 5.16 Å². The maximum Gasteiger partial charge on any atom is 0.271 e.